The zero-order chi connectivity index (χ0) is 14.7. The zero-order valence-corrected chi connectivity index (χ0v) is 12.1. The maximum atomic E-state index is 12.3. The number of thioether (sulfide) groups is 1. The van der Waals surface area contributed by atoms with E-state index in [1.165, 1.54) is 4.90 Å². The van der Waals surface area contributed by atoms with E-state index in [0.717, 1.165) is 23.0 Å². The molecule has 1 N–H and O–H groups in total. The lowest BCUT2D eigenvalue weighted by molar-refractivity contribution is -0.122. The number of aromatic nitrogens is 1. The van der Waals surface area contributed by atoms with Gasteiger partial charge in [0.25, 0.3) is 11.1 Å². The van der Waals surface area contributed by atoms with E-state index in [4.69, 9.17) is 0 Å². The van der Waals surface area contributed by atoms with Gasteiger partial charge in [-0.25, -0.2) is 0 Å². The molecule has 0 spiro atoms. The number of rotatable bonds is 4. The average Bonchev–Trinajstić information content (AvgIpc) is 3.09. The molecule has 0 unspecified atom stereocenters. The second-order valence-corrected chi connectivity index (χ2v) is 5.69. The minimum atomic E-state index is -0.212. The molecule has 0 aliphatic carbocycles. The SMILES string of the molecule is O=C1S/C(=C\c2ccc[nH]2)C(=O)N1CCc1ccccc1. The Balaban J connectivity index is 1.69. The fraction of sp³-hybridized carbons (Fsp3) is 0.125. The Hall–Kier alpha value is -2.27. The highest BCUT2D eigenvalue weighted by Crippen LogP contribution is 2.31. The van der Waals surface area contributed by atoms with Gasteiger partial charge in [-0.15, -0.1) is 0 Å². The van der Waals surface area contributed by atoms with Crippen LogP contribution in [0.3, 0.4) is 0 Å². The third-order valence-electron chi connectivity index (χ3n) is 3.25. The molecule has 2 amide bonds. The molecule has 0 radical (unpaired) electrons. The summed E-state index contributed by atoms with van der Waals surface area (Å²) in [5, 5.41) is -0.200. The van der Waals surface area contributed by atoms with Gasteiger partial charge in [0.1, 0.15) is 0 Å². The van der Waals surface area contributed by atoms with Crippen molar-refractivity contribution in [3.8, 4) is 0 Å². The molecule has 1 aromatic carbocycles. The predicted molar refractivity (Wildman–Crippen MR) is 83.6 cm³/mol. The Kier molecular flexibility index (Phi) is 3.92. The van der Waals surface area contributed by atoms with E-state index in [9.17, 15) is 9.59 Å². The number of amides is 2. The number of benzene rings is 1. The van der Waals surface area contributed by atoms with Crippen LogP contribution in [0.2, 0.25) is 0 Å². The van der Waals surface area contributed by atoms with Crippen molar-refractivity contribution in [2.45, 2.75) is 6.42 Å². The number of H-pyrrole nitrogens is 1. The van der Waals surface area contributed by atoms with Gasteiger partial charge < -0.3 is 4.98 Å². The van der Waals surface area contributed by atoms with Gasteiger partial charge in [0.2, 0.25) is 0 Å². The smallest absolute Gasteiger partial charge is 0.293 e. The Morgan fingerprint density at radius 2 is 1.90 bits per heavy atom. The molecule has 0 saturated carbocycles. The lowest BCUT2D eigenvalue weighted by atomic mass is 10.1. The molecule has 106 valence electrons. The lowest BCUT2D eigenvalue weighted by Gasteiger charge is -2.11. The van der Waals surface area contributed by atoms with E-state index in [2.05, 4.69) is 4.98 Å². The first-order valence-corrected chi connectivity index (χ1v) is 7.48. The Bertz CT molecular complexity index is 678. The largest absolute Gasteiger partial charge is 0.362 e. The van der Waals surface area contributed by atoms with Crippen LogP contribution in [0.1, 0.15) is 11.3 Å². The summed E-state index contributed by atoms with van der Waals surface area (Å²) in [6.45, 7) is 0.413. The van der Waals surface area contributed by atoms with E-state index in [0.29, 0.717) is 17.9 Å². The normalized spacial score (nSPS) is 17.0. The minimum absolute atomic E-state index is 0.200. The molecule has 1 aromatic heterocycles. The molecule has 1 aliphatic rings. The molecule has 0 bridgehead atoms. The fourth-order valence-corrected chi connectivity index (χ4v) is 3.01. The van der Waals surface area contributed by atoms with Gasteiger partial charge in [-0.2, -0.15) is 0 Å². The molecule has 1 saturated heterocycles. The van der Waals surface area contributed by atoms with Crippen LogP contribution in [0.15, 0.2) is 53.6 Å². The fourth-order valence-electron chi connectivity index (χ4n) is 2.15. The van der Waals surface area contributed by atoms with Crippen molar-refractivity contribution in [1.82, 2.24) is 9.88 Å². The van der Waals surface area contributed by atoms with E-state index in [1.54, 1.807) is 12.3 Å². The standard InChI is InChI=1S/C16H14N2O2S/c19-15-14(11-13-7-4-9-17-13)21-16(20)18(15)10-8-12-5-2-1-3-6-12/h1-7,9,11,17H,8,10H2/b14-11-. The summed E-state index contributed by atoms with van der Waals surface area (Å²) in [7, 11) is 0. The third-order valence-corrected chi connectivity index (χ3v) is 4.16. The van der Waals surface area contributed by atoms with Crippen LogP contribution in [0, 0.1) is 0 Å². The molecule has 0 atom stereocenters. The summed E-state index contributed by atoms with van der Waals surface area (Å²) in [4.78, 5) is 29.0. The van der Waals surface area contributed by atoms with Crippen molar-refractivity contribution in [2.75, 3.05) is 6.54 Å². The predicted octanol–water partition coefficient (Wildman–Crippen LogP) is 3.29. The van der Waals surface area contributed by atoms with Crippen molar-refractivity contribution < 1.29 is 9.59 Å². The summed E-state index contributed by atoms with van der Waals surface area (Å²) in [6.07, 6.45) is 4.17. The summed E-state index contributed by atoms with van der Waals surface area (Å²) in [5.74, 6) is -0.212. The van der Waals surface area contributed by atoms with Crippen LogP contribution in [-0.2, 0) is 11.2 Å². The van der Waals surface area contributed by atoms with E-state index >= 15 is 0 Å². The molecule has 4 nitrogen and oxygen atoms in total. The van der Waals surface area contributed by atoms with E-state index in [1.807, 2.05) is 42.5 Å². The lowest BCUT2D eigenvalue weighted by Crippen LogP contribution is -2.30. The molecular weight excluding hydrogens is 284 g/mol. The van der Waals surface area contributed by atoms with Crippen LogP contribution < -0.4 is 0 Å². The van der Waals surface area contributed by atoms with Crippen molar-refractivity contribution >= 4 is 29.0 Å². The van der Waals surface area contributed by atoms with Gasteiger partial charge >= 0.3 is 0 Å². The number of nitrogens with one attached hydrogen (secondary N) is 1. The Morgan fingerprint density at radius 3 is 2.62 bits per heavy atom. The highest BCUT2D eigenvalue weighted by atomic mass is 32.2. The zero-order valence-electron chi connectivity index (χ0n) is 11.3. The van der Waals surface area contributed by atoms with E-state index in [-0.39, 0.29) is 11.1 Å². The summed E-state index contributed by atoms with van der Waals surface area (Å²) in [6, 6.07) is 13.6. The van der Waals surface area contributed by atoms with Gasteiger partial charge in [-0.3, -0.25) is 14.5 Å². The maximum Gasteiger partial charge on any atom is 0.293 e. The molecule has 5 heteroatoms. The van der Waals surface area contributed by atoms with Gasteiger partial charge in [0, 0.05) is 18.4 Å². The van der Waals surface area contributed by atoms with Gasteiger partial charge in [-0.1, -0.05) is 30.3 Å². The first-order valence-electron chi connectivity index (χ1n) is 6.67. The van der Waals surface area contributed by atoms with Crippen LogP contribution in [0.25, 0.3) is 6.08 Å². The van der Waals surface area contributed by atoms with Crippen LogP contribution >= 0.6 is 11.8 Å². The summed E-state index contributed by atoms with van der Waals surface area (Å²) >= 11 is 0.994. The summed E-state index contributed by atoms with van der Waals surface area (Å²) < 4.78 is 0. The first-order chi connectivity index (χ1) is 10.2. The van der Waals surface area contributed by atoms with E-state index < -0.39 is 0 Å². The average molecular weight is 298 g/mol. The van der Waals surface area contributed by atoms with Crippen molar-refractivity contribution in [3.05, 3.63) is 64.8 Å². The second kappa shape index (κ2) is 6.01. The molecule has 21 heavy (non-hydrogen) atoms. The number of hydrogen-bond acceptors (Lipinski definition) is 3. The first kappa shape index (κ1) is 13.7. The number of aromatic amines is 1. The molecular formula is C16H14N2O2S. The number of nitrogens with zero attached hydrogens (tertiary/aromatic N) is 1. The number of imide groups is 1. The summed E-state index contributed by atoms with van der Waals surface area (Å²) in [5.41, 5.74) is 1.94. The number of carbonyl (C=O) groups excluding carboxylic acids is 2. The Morgan fingerprint density at radius 1 is 1.10 bits per heavy atom. The van der Waals surface area contributed by atoms with Crippen LogP contribution in [-0.4, -0.2) is 27.6 Å². The highest BCUT2D eigenvalue weighted by molar-refractivity contribution is 8.18. The van der Waals surface area contributed by atoms with Crippen molar-refractivity contribution in [2.24, 2.45) is 0 Å². The molecule has 3 rings (SSSR count). The third kappa shape index (κ3) is 3.08. The Labute approximate surface area is 126 Å². The number of carbonyl (C=O) groups is 2. The van der Waals surface area contributed by atoms with Crippen molar-refractivity contribution in [3.63, 3.8) is 0 Å². The molecule has 2 aromatic rings. The highest BCUT2D eigenvalue weighted by Gasteiger charge is 2.34. The van der Waals surface area contributed by atoms with Crippen LogP contribution in [0.4, 0.5) is 4.79 Å². The van der Waals surface area contributed by atoms with Gasteiger partial charge in [0.05, 0.1) is 4.91 Å². The monoisotopic (exact) mass is 298 g/mol. The minimum Gasteiger partial charge on any atom is -0.362 e. The molecule has 1 aliphatic heterocycles. The topological polar surface area (TPSA) is 53.2 Å². The molecule has 2 heterocycles. The quantitative estimate of drug-likeness (QED) is 0.881. The van der Waals surface area contributed by atoms with Crippen LogP contribution in [0.5, 0.6) is 0 Å². The van der Waals surface area contributed by atoms with Gasteiger partial charge in [-0.05, 0) is 42.0 Å². The number of hydrogen-bond donors (Lipinski definition) is 1. The molecule has 1 fully saturated rings. The second-order valence-electron chi connectivity index (χ2n) is 4.69. The van der Waals surface area contributed by atoms with Crippen molar-refractivity contribution in [1.29, 1.82) is 0 Å². The maximum absolute atomic E-state index is 12.3. The van der Waals surface area contributed by atoms with Gasteiger partial charge in [0.15, 0.2) is 0 Å².